The summed E-state index contributed by atoms with van der Waals surface area (Å²) in [6, 6.07) is 3.63. The second-order valence-electron chi connectivity index (χ2n) is 8.94. The van der Waals surface area contributed by atoms with Crippen molar-refractivity contribution < 1.29 is 9.59 Å². The minimum absolute atomic E-state index is 0.00163. The third-order valence-corrected chi connectivity index (χ3v) is 6.01. The summed E-state index contributed by atoms with van der Waals surface area (Å²) in [7, 11) is 0. The third-order valence-electron chi connectivity index (χ3n) is 6.01. The summed E-state index contributed by atoms with van der Waals surface area (Å²) in [4.78, 5) is 30.8. The van der Waals surface area contributed by atoms with Crippen LogP contribution >= 0.6 is 0 Å². The molecule has 1 fully saturated rings. The Kier molecular flexibility index (Phi) is 15.3. The fourth-order valence-corrected chi connectivity index (χ4v) is 4.04. The van der Waals surface area contributed by atoms with Gasteiger partial charge in [0.2, 0.25) is 5.91 Å². The maximum absolute atomic E-state index is 12.7. The Morgan fingerprint density at radius 1 is 0.972 bits per heavy atom. The fourth-order valence-electron chi connectivity index (χ4n) is 4.04. The van der Waals surface area contributed by atoms with Crippen molar-refractivity contribution >= 4 is 11.8 Å². The van der Waals surface area contributed by atoms with Crippen molar-refractivity contribution in [3.8, 4) is 0 Å². The molecule has 5 nitrogen and oxygen atoms in total. The van der Waals surface area contributed by atoms with Gasteiger partial charge >= 0.3 is 0 Å². The van der Waals surface area contributed by atoms with E-state index in [1.54, 1.807) is 24.5 Å². The molecule has 1 aromatic rings. The Balaban J connectivity index is 1.50. The molecule has 5 heteroatoms. The van der Waals surface area contributed by atoms with Gasteiger partial charge < -0.3 is 10.2 Å². The Morgan fingerprint density at radius 3 is 2.22 bits per heavy atom. The van der Waals surface area contributed by atoms with E-state index in [0.717, 1.165) is 64.3 Å². The van der Waals surface area contributed by atoms with Crippen LogP contribution in [0, 0.1) is 0 Å². The molecular formula is C31H43N3O2. The summed E-state index contributed by atoms with van der Waals surface area (Å²) in [6.45, 7) is 3.40. The molecule has 194 valence electrons. The zero-order valence-electron chi connectivity index (χ0n) is 21.9. The van der Waals surface area contributed by atoms with E-state index in [9.17, 15) is 9.59 Å². The third kappa shape index (κ3) is 12.5. The molecule has 2 heterocycles. The van der Waals surface area contributed by atoms with Gasteiger partial charge in [-0.1, -0.05) is 67.7 Å². The number of hydrogen-bond donors (Lipinski definition) is 1. The normalized spacial score (nSPS) is 16.5. The molecule has 0 saturated carbocycles. The maximum atomic E-state index is 12.7. The highest BCUT2D eigenvalue weighted by atomic mass is 16.2. The maximum Gasteiger partial charge on any atom is 0.255 e. The Bertz CT molecular complexity index is 900. The summed E-state index contributed by atoms with van der Waals surface area (Å²) in [5.74, 6) is 0.0567. The van der Waals surface area contributed by atoms with Crippen LogP contribution in [0.2, 0.25) is 0 Å². The van der Waals surface area contributed by atoms with E-state index < -0.39 is 0 Å². The first kappa shape index (κ1) is 29.0. The highest BCUT2D eigenvalue weighted by molar-refractivity contribution is 5.94. The topological polar surface area (TPSA) is 62.3 Å². The fraction of sp³-hybridized carbons (Fsp3) is 0.452. The number of carbonyl (C=O) groups excluding carboxylic acids is 2. The number of nitrogens with one attached hydrogen (secondary N) is 1. The van der Waals surface area contributed by atoms with Crippen molar-refractivity contribution in [2.24, 2.45) is 0 Å². The largest absolute Gasteiger partial charge is 0.354 e. The molecule has 1 N–H and O–H groups in total. The van der Waals surface area contributed by atoms with E-state index in [-0.39, 0.29) is 17.9 Å². The van der Waals surface area contributed by atoms with Crippen LogP contribution in [0.1, 0.15) is 81.5 Å². The standard InChI is InChI=1S/C31H43N3O2/c1-2-3-4-5-6-7-8-9-10-11-12-13-14-15-16-17-18-23-30(35)33-27-29-22-20-25-34(29)31(36)28-21-19-24-32-26-28/h3-4,6-7,9-10,12-13,15-16,19,21,24,26,29H,2,5,8,11,14,17-18,20,22-23,25,27H2,1H3,(H,33,35). The van der Waals surface area contributed by atoms with Crippen molar-refractivity contribution in [2.45, 2.75) is 77.2 Å². The summed E-state index contributed by atoms with van der Waals surface area (Å²) >= 11 is 0. The van der Waals surface area contributed by atoms with Gasteiger partial charge in [0.1, 0.15) is 0 Å². The number of carbonyl (C=O) groups is 2. The van der Waals surface area contributed by atoms with Crippen LogP contribution in [0.15, 0.2) is 85.3 Å². The molecule has 1 aliphatic rings. The van der Waals surface area contributed by atoms with E-state index in [2.05, 4.69) is 78.0 Å². The average molecular weight is 490 g/mol. The van der Waals surface area contributed by atoms with Gasteiger partial charge in [-0.05, 0) is 69.9 Å². The van der Waals surface area contributed by atoms with E-state index in [1.165, 1.54) is 0 Å². The lowest BCUT2D eigenvalue weighted by molar-refractivity contribution is -0.121. The van der Waals surface area contributed by atoms with Gasteiger partial charge in [0.05, 0.1) is 5.56 Å². The number of rotatable bonds is 16. The lowest BCUT2D eigenvalue weighted by Crippen LogP contribution is -2.43. The number of nitrogens with zero attached hydrogens (tertiary/aromatic N) is 2. The molecular weight excluding hydrogens is 446 g/mol. The highest BCUT2D eigenvalue weighted by Crippen LogP contribution is 2.19. The van der Waals surface area contributed by atoms with E-state index >= 15 is 0 Å². The lowest BCUT2D eigenvalue weighted by atomic mass is 10.1. The van der Waals surface area contributed by atoms with Gasteiger partial charge in [-0.25, -0.2) is 0 Å². The predicted octanol–water partition coefficient (Wildman–Crippen LogP) is 6.72. The van der Waals surface area contributed by atoms with Crippen molar-refractivity contribution in [3.05, 3.63) is 90.9 Å². The number of hydrogen-bond acceptors (Lipinski definition) is 3. The van der Waals surface area contributed by atoms with Crippen LogP contribution in [-0.2, 0) is 4.79 Å². The minimum Gasteiger partial charge on any atom is -0.354 e. The highest BCUT2D eigenvalue weighted by Gasteiger charge is 2.29. The zero-order chi connectivity index (χ0) is 25.7. The van der Waals surface area contributed by atoms with Crippen molar-refractivity contribution in [2.75, 3.05) is 13.1 Å². The molecule has 0 aromatic carbocycles. The molecule has 1 atom stereocenters. The number of aromatic nitrogens is 1. The molecule has 1 saturated heterocycles. The Morgan fingerprint density at radius 2 is 1.61 bits per heavy atom. The SMILES string of the molecule is CCC=CCC=CCC=CCC=CCC=CCCCC(=O)NCC1CCCN1C(=O)c1cccnc1. The number of unbranched alkanes of at least 4 members (excludes halogenated alkanes) is 1. The summed E-state index contributed by atoms with van der Waals surface area (Å²) in [5, 5.41) is 3.02. The second-order valence-corrected chi connectivity index (χ2v) is 8.94. The molecule has 0 aliphatic carbocycles. The molecule has 2 rings (SSSR count). The number of likely N-dealkylation sites (tertiary alicyclic amines) is 1. The van der Waals surface area contributed by atoms with Crippen molar-refractivity contribution in [1.82, 2.24) is 15.2 Å². The molecule has 1 aromatic heterocycles. The van der Waals surface area contributed by atoms with Gasteiger partial charge in [-0.2, -0.15) is 0 Å². The molecule has 0 bridgehead atoms. The molecule has 0 radical (unpaired) electrons. The first-order valence-electron chi connectivity index (χ1n) is 13.4. The van der Waals surface area contributed by atoms with E-state index in [0.29, 0.717) is 18.5 Å². The van der Waals surface area contributed by atoms with Crippen LogP contribution in [0.5, 0.6) is 0 Å². The van der Waals surface area contributed by atoms with Crippen molar-refractivity contribution in [3.63, 3.8) is 0 Å². The monoisotopic (exact) mass is 489 g/mol. The van der Waals surface area contributed by atoms with Crippen LogP contribution in [0.25, 0.3) is 0 Å². The van der Waals surface area contributed by atoms with Crippen LogP contribution in [0.3, 0.4) is 0 Å². The van der Waals surface area contributed by atoms with Gasteiger partial charge in [-0.15, -0.1) is 0 Å². The predicted molar refractivity (Wildman–Crippen MR) is 150 cm³/mol. The average Bonchev–Trinajstić information content (AvgIpc) is 3.38. The molecule has 0 spiro atoms. The number of amides is 2. The molecule has 2 amide bonds. The Hall–Kier alpha value is -3.21. The van der Waals surface area contributed by atoms with Gasteiger partial charge in [0.25, 0.3) is 5.91 Å². The number of allylic oxidation sites excluding steroid dienone is 10. The van der Waals surface area contributed by atoms with E-state index in [4.69, 9.17) is 0 Å². The van der Waals surface area contributed by atoms with Crippen LogP contribution in [-0.4, -0.2) is 40.8 Å². The van der Waals surface area contributed by atoms with E-state index in [1.807, 2.05) is 4.90 Å². The number of pyridine rings is 1. The molecule has 1 unspecified atom stereocenters. The molecule has 36 heavy (non-hydrogen) atoms. The first-order chi connectivity index (χ1) is 17.7. The minimum atomic E-state index is -0.00163. The van der Waals surface area contributed by atoms with Crippen LogP contribution < -0.4 is 5.32 Å². The Labute approximate surface area is 217 Å². The quantitative estimate of drug-likeness (QED) is 0.207. The van der Waals surface area contributed by atoms with Crippen LogP contribution in [0.4, 0.5) is 0 Å². The van der Waals surface area contributed by atoms with Crippen molar-refractivity contribution in [1.29, 1.82) is 0 Å². The summed E-state index contributed by atoms with van der Waals surface area (Å²) in [6.07, 6.45) is 34.3. The summed E-state index contributed by atoms with van der Waals surface area (Å²) in [5.41, 5.74) is 0.604. The van der Waals surface area contributed by atoms with Gasteiger partial charge in [-0.3, -0.25) is 14.6 Å². The smallest absolute Gasteiger partial charge is 0.255 e. The van der Waals surface area contributed by atoms with Gasteiger partial charge in [0.15, 0.2) is 0 Å². The second kappa shape index (κ2) is 19.0. The lowest BCUT2D eigenvalue weighted by Gasteiger charge is -2.25. The first-order valence-corrected chi connectivity index (χ1v) is 13.4. The molecule has 1 aliphatic heterocycles. The van der Waals surface area contributed by atoms with Gasteiger partial charge in [0, 0.05) is 37.9 Å². The zero-order valence-corrected chi connectivity index (χ0v) is 21.9. The summed E-state index contributed by atoms with van der Waals surface area (Å²) < 4.78 is 0.